The lowest BCUT2D eigenvalue weighted by atomic mass is 10.1. The average molecular weight is 382 g/mol. The molecule has 1 saturated heterocycles. The first kappa shape index (κ1) is 20.4. The van der Waals surface area contributed by atoms with Crippen LogP contribution in [-0.2, 0) is 4.79 Å². The van der Waals surface area contributed by atoms with Gasteiger partial charge in [-0.1, -0.05) is 24.3 Å². The third-order valence-corrected chi connectivity index (χ3v) is 3.64. The van der Waals surface area contributed by atoms with E-state index in [0.717, 1.165) is 30.5 Å². The molecule has 27 heavy (non-hydrogen) atoms. The van der Waals surface area contributed by atoms with Crippen LogP contribution in [0.5, 0.6) is 5.88 Å². The number of carbonyl (C=O) groups is 2. The monoisotopic (exact) mass is 382 g/mol. The van der Waals surface area contributed by atoms with Gasteiger partial charge in [-0.3, -0.25) is 4.79 Å². The molecule has 0 aliphatic carbocycles. The van der Waals surface area contributed by atoms with E-state index < -0.39 is 12.1 Å². The number of nitrogens with zero attached hydrogens (tertiary/aromatic N) is 1. The molecule has 1 aliphatic rings. The molecule has 1 aromatic heterocycles. The Balaban J connectivity index is 0.000000321. The van der Waals surface area contributed by atoms with Crippen molar-refractivity contribution in [1.29, 1.82) is 0 Å². The van der Waals surface area contributed by atoms with Gasteiger partial charge >= 0.3 is 12.1 Å². The van der Waals surface area contributed by atoms with Gasteiger partial charge in [0, 0.05) is 23.2 Å². The Morgan fingerprint density at radius 1 is 1.30 bits per heavy atom. The van der Waals surface area contributed by atoms with Crippen molar-refractivity contribution in [2.75, 3.05) is 13.2 Å². The maximum Gasteiger partial charge on any atom is 0.490 e. The van der Waals surface area contributed by atoms with Gasteiger partial charge in [-0.25, -0.2) is 9.78 Å². The molecule has 0 spiro atoms. The predicted octanol–water partition coefficient (Wildman–Crippen LogP) is 2.94. The fourth-order valence-corrected chi connectivity index (χ4v) is 2.10. The lowest BCUT2D eigenvalue weighted by molar-refractivity contribution is -0.192. The van der Waals surface area contributed by atoms with E-state index in [2.05, 4.69) is 10.3 Å². The molecule has 2 heterocycles. The number of carboxylic acid groups (broad SMARTS) is 1. The van der Waals surface area contributed by atoms with Crippen LogP contribution in [0.4, 0.5) is 13.2 Å². The highest BCUT2D eigenvalue weighted by atomic mass is 19.4. The Kier molecular flexibility index (Phi) is 6.89. The largest absolute Gasteiger partial charge is 0.490 e. The summed E-state index contributed by atoms with van der Waals surface area (Å²) >= 11 is 0. The van der Waals surface area contributed by atoms with Gasteiger partial charge in [-0.15, -0.1) is 0 Å². The van der Waals surface area contributed by atoms with E-state index in [1.807, 2.05) is 36.4 Å². The Morgan fingerprint density at radius 3 is 2.52 bits per heavy atom. The van der Waals surface area contributed by atoms with E-state index in [1.54, 1.807) is 6.07 Å². The Hall–Kier alpha value is -2.94. The standard InChI is InChI=1S/C16H16N2O2.C2HF3O2/c19-10-12-3-1-4-13(9-12)15-5-2-6-16(18-15)20-11-14-7-8-17-14;3-2(4,5)1(6)7/h1-6,9-10,14,17H,7-8,11H2;(H,6,7)/t14-;/m1./s1. The number of carboxylic acids is 1. The minimum Gasteiger partial charge on any atom is -0.476 e. The number of alkyl halides is 3. The Bertz CT molecular complexity index is 792. The number of rotatable bonds is 5. The van der Waals surface area contributed by atoms with E-state index in [1.165, 1.54) is 0 Å². The Labute approximate surface area is 153 Å². The fraction of sp³-hybridized carbons (Fsp3) is 0.278. The van der Waals surface area contributed by atoms with Crippen molar-refractivity contribution in [3.63, 3.8) is 0 Å². The van der Waals surface area contributed by atoms with Crippen LogP contribution in [0.3, 0.4) is 0 Å². The van der Waals surface area contributed by atoms with Crippen molar-refractivity contribution in [3.05, 3.63) is 48.0 Å². The van der Waals surface area contributed by atoms with Gasteiger partial charge in [0.15, 0.2) is 0 Å². The lowest BCUT2D eigenvalue weighted by Gasteiger charge is -2.27. The first-order valence-corrected chi connectivity index (χ1v) is 7.98. The van der Waals surface area contributed by atoms with Crippen LogP contribution in [0.15, 0.2) is 42.5 Å². The normalized spacial score (nSPS) is 15.7. The summed E-state index contributed by atoms with van der Waals surface area (Å²) < 4.78 is 37.4. The summed E-state index contributed by atoms with van der Waals surface area (Å²) in [5, 5.41) is 10.4. The van der Waals surface area contributed by atoms with Crippen molar-refractivity contribution >= 4 is 12.3 Å². The number of halogens is 3. The lowest BCUT2D eigenvalue weighted by Crippen LogP contribution is -2.46. The molecule has 0 amide bonds. The summed E-state index contributed by atoms with van der Waals surface area (Å²) in [5.74, 6) is -2.14. The van der Waals surface area contributed by atoms with Crippen LogP contribution in [-0.4, -0.2) is 47.7 Å². The molecule has 6 nitrogen and oxygen atoms in total. The van der Waals surface area contributed by atoms with E-state index in [9.17, 15) is 18.0 Å². The highest BCUT2D eigenvalue weighted by Gasteiger charge is 2.38. The molecular formula is C18H17F3N2O4. The third-order valence-electron chi connectivity index (χ3n) is 3.64. The summed E-state index contributed by atoms with van der Waals surface area (Å²) in [5.41, 5.74) is 2.38. The van der Waals surface area contributed by atoms with Crippen molar-refractivity contribution in [2.45, 2.75) is 18.6 Å². The van der Waals surface area contributed by atoms with E-state index in [0.29, 0.717) is 24.1 Å². The van der Waals surface area contributed by atoms with Gasteiger partial charge in [0.05, 0.1) is 5.69 Å². The number of aliphatic carboxylic acids is 1. The smallest absolute Gasteiger partial charge is 0.476 e. The summed E-state index contributed by atoms with van der Waals surface area (Å²) in [6.07, 6.45) is -3.09. The molecule has 0 unspecified atom stereocenters. The van der Waals surface area contributed by atoms with Crippen LogP contribution < -0.4 is 10.1 Å². The Morgan fingerprint density at radius 2 is 1.96 bits per heavy atom. The molecule has 1 atom stereocenters. The van der Waals surface area contributed by atoms with Crippen LogP contribution >= 0.6 is 0 Å². The number of hydrogen-bond donors (Lipinski definition) is 2. The number of ether oxygens (including phenoxy) is 1. The highest BCUT2D eigenvalue weighted by Crippen LogP contribution is 2.21. The maximum absolute atomic E-state index is 10.8. The second-order valence-corrected chi connectivity index (χ2v) is 5.66. The van der Waals surface area contributed by atoms with Gasteiger partial charge < -0.3 is 15.2 Å². The van der Waals surface area contributed by atoms with Gasteiger partial charge in [-0.2, -0.15) is 13.2 Å². The van der Waals surface area contributed by atoms with E-state index >= 15 is 0 Å². The van der Waals surface area contributed by atoms with E-state index in [4.69, 9.17) is 14.6 Å². The predicted molar refractivity (Wildman–Crippen MR) is 90.7 cm³/mol. The molecule has 0 bridgehead atoms. The molecular weight excluding hydrogens is 365 g/mol. The van der Waals surface area contributed by atoms with Crippen molar-refractivity contribution in [2.24, 2.45) is 0 Å². The van der Waals surface area contributed by atoms with Crippen molar-refractivity contribution in [3.8, 4) is 17.1 Å². The zero-order valence-electron chi connectivity index (χ0n) is 14.1. The molecule has 1 fully saturated rings. The van der Waals surface area contributed by atoms with Gasteiger partial charge in [-0.05, 0) is 25.1 Å². The van der Waals surface area contributed by atoms with Crippen LogP contribution in [0.1, 0.15) is 16.8 Å². The van der Waals surface area contributed by atoms with E-state index in [-0.39, 0.29) is 0 Å². The summed E-state index contributed by atoms with van der Waals surface area (Å²) in [6.45, 7) is 1.71. The maximum atomic E-state index is 10.8. The molecule has 2 aromatic rings. The molecule has 1 aromatic carbocycles. The number of benzene rings is 1. The van der Waals surface area contributed by atoms with Gasteiger partial charge in [0.2, 0.25) is 5.88 Å². The SMILES string of the molecule is O=C(O)C(F)(F)F.O=Cc1cccc(-c2cccc(OC[C@H]3CCN3)n2)c1. The number of pyridine rings is 1. The second-order valence-electron chi connectivity index (χ2n) is 5.66. The zero-order valence-corrected chi connectivity index (χ0v) is 14.1. The number of aromatic nitrogens is 1. The topological polar surface area (TPSA) is 88.5 Å². The quantitative estimate of drug-likeness (QED) is 0.773. The second kappa shape index (κ2) is 9.13. The molecule has 0 saturated carbocycles. The van der Waals surface area contributed by atoms with Gasteiger partial charge in [0.25, 0.3) is 0 Å². The molecule has 0 radical (unpaired) electrons. The molecule has 9 heteroatoms. The molecule has 144 valence electrons. The van der Waals surface area contributed by atoms with Gasteiger partial charge in [0.1, 0.15) is 12.9 Å². The summed E-state index contributed by atoms with van der Waals surface area (Å²) in [4.78, 5) is 24.2. The number of aldehydes is 1. The molecule has 2 N–H and O–H groups in total. The summed E-state index contributed by atoms with van der Waals surface area (Å²) in [7, 11) is 0. The highest BCUT2D eigenvalue weighted by molar-refractivity contribution is 5.78. The van der Waals surface area contributed by atoms with Crippen LogP contribution in [0.2, 0.25) is 0 Å². The third kappa shape index (κ3) is 6.37. The van der Waals surface area contributed by atoms with Crippen molar-refractivity contribution in [1.82, 2.24) is 10.3 Å². The zero-order chi connectivity index (χ0) is 19.9. The number of hydrogen-bond acceptors (Lipinski definition) is 5. The first-order valence-electron chi connectivity index (χ1n) is 7.98. The molecule has 1 aliphatic heterocycles. The minimum absolute atomic E-state index is 0.443. The average Bonchev–Trinajstić information content (AvgIpc) is 2.60. The number of nitrogens with one attached hydrogen (secondary N) is 1. The molecule has 3 rings (SSSR count). The van der Waals surface area contributed by atoms with Crippen LogP contribution in [0, 0.1) is 0 Å². The fourth-order valence-electron chi connectivity index (χ4n) is 2.10. The number of carbonyl (C=O) groups excluding carboxylic acids is 1. The summed E-state index contributed by atoms with van der Waals surface area (Å²) in [6, 6.07) is 13.5. The minimum atomic E-state index is -5.08. The van der Waals surface area contributed by atoms with Crippen molar-refractivity contribution < 1.29 is 32.6 Å². The first-order chi connectivity index (χ1) is 12.8. The van der Waals surface area contributed by atoms with Crippen LogP contribution in [0.25, 0.3) is 11.3 Å².